The molecule has 0 aliphatic carbocycles. The van der Waals surface area contributed by atoms with E-state index in [0.29, 0.717) is 12.2 Å². The Morgan fingerprint density at radius 1 is 1.73 bits per heavy atom. The molecule has 1 heterocycles. The van der Waals surface area contributed by atoms with Crippen LogP contribution >= 0.6 is 0 Å². The third-order valence-electron chi connectivity index (χ3n) is 2.26. The maximum Gasteiger partial charge on any atom is 0.271 e. The van der Waals surface area contributed by atoms with Crippen LogP contribution in [0.3, 0.4) is 0 Å². The number of amides is 1. The van der Waals surface area contributed by atoms with Crippen LogP contribution in [0, 0.1) is 0 Å². The van der Waals surface area contributed by atoms with Crippen molar-refractivity contribution in [1.29, 1.82) is 0 Å². The SMILES string of the molecule is CCC(N)CCNC(=O)c1cn(C)cn1. The Hall–Kier alpha value is -1.36. The molecule has 0 aliphatic heterocycles. The summed E-state index contributed by atoms with van der Waals surface area (Å²) in [5.41, 5.74) is 6.18. The molecule has 3 N–H and O–H groups in total. The first-order chi connectivity index (χ1) is 7.13. The van der Waals surface area contributed by atoms with E-state index < -0.39 is 0 Å². The normalized spacial score (nSPS) is 12.5. The van der Waals surface area contributed by atoms with Crippen LogP contribution in [0.15, 0.2) is 12.5 Å². The molecular formula is C10H18N4O. The highest BCUT2D eigenvalue weighted by molar-refractivity contribution is 5.91. The molecule has 0 saturated heterocycles. The summed E-state index contributed by atoms with van der Waals surface area (Å²) in [5, 5.41) is 2.78. The summed E-state index contributed by atoms with van der Waals surface area (Å²) in [4.78, 5) is 15.5. The summed E-state index contributed by atoms with van der Waals surface area (Å²) < 4.78 is 1.74. The van der Waals surface area contributed by atoms with E-state index >= 15 is 0 Å². The van der Waals surface area contributed by atoms with Crippen LogP contribution in [0.5, 0.6) is 0 Å². The lowest BCUT2D eigenvalue weighted by Crippen LogP contribution is -2.30. The van der Waals surface area contributed by atoms with E-state index in [4.69, 9.17) is 5.73 Å². The molecule has 1 aromatic rings. The fraction of sp³-hybridized carbons (Fsp3) is 0.600. The fourth-order valence-electron chi connectivity index (χ4n) is 1.20. The van der Waals surface area contributed by atoms with Crippen molar-refractivity contribution >= 4 is 5.91 Å². The first kappa shape index (κ1) is 11.7. The molecule has 84 valence electrons. The average Bonchev–Trinajstić information content (AvgIpc) is 2.64. The Labute approximate surface area is 89.7 Å². The van der Waals surface area contributed by atoms with E-state index in [1.54, 1.807) is 17.1 Å². The topological polar surface area (TPSA) is 72.9 Å². The number of nitrogens with two attached hydrogens (primary N) is 1. The summed E-state index contributed by atoms with van der Waals surface area (Å²) in [6.07, 6.45) is 5.02. The highest BCUT2D eigenvalue weighted by Crippen LogP contribution is 1.95. The first-order valence-electron chi connectivity index (χ1n) is 5.15. The van der Waals surface area contributed by atoms with Crippen molar-refractivity contribution in [3.63, 3.8) is 0 Å². The number of imidazole rings is 1. The Balaban J connectivity index is 2.31. The second-order valence-electron chi connectivity index (χ2n) is 3.64. The van der Waals surface area contributed by atoms with Crippen LogP contribution in [0.25, 0.3) is 0 Å². The summed E-state index contributed by atoms with van der Waals surface area (Å²) in [6.45, 7) is 2.63. The third kappa shape index (κ3) is 3.71. The molecule has 0 spiro atoms. The zero-order valence-corrected chi connectivity index (χ0v) is 9.23. The van der Waals surface area contributed by atoms with E-state index in [9.17, 15) is 4.79 Å². The predicted molar refractivity (Wildman–Crippen MR) is 58.4 cm³/mol. The van der Waals surface area contributed by atoms with Gasteiger partial charge >= 0.3 is 0 Å². The van der Waals surface area contributed by atoms with Gasteiger partial charge in [-0.05, 0) is 12.8 Å². The van der Waals surface area contributed by atoms with Gasteiger partial charge in [-0.15, -0.1) is 0 Å². The molecule has 5 heteroatoms. The monoisotopic (exact) mass is 210 g/mol. The summed E-state index contributed by atoms with van der Waals surface area (Å²) >= 11 is 0. The summed E-state index contributed by atoms with van der Waals surface area (Å²) in [7, 11) is 1.83. The van der Waals surface area contributed by atoms with Crippen molar-refractivity contribution in [3.05, 3.63) is 18.2 Å². The number of carbonyl (C=O) groups is 1. The van der Waals surface area contributed by atoms with Crippen molar-refractivity contribution in [1.82, 2.24) is 14.9 Å². The lowest BCUT2D eigenvalue weighted by atomic mass is 10.2. The van der Waals surface area contributed by atoms with Gasteiger partial charge in [0.25, 0.3) is 5.91 Å². The van der Waals surface area contributed by atoms with Gasteiger partial charge in [-0.25, -0.2) is 4.98 Å². The van der Waals surface area contributed by atoms with Crippen LogP contribution in [-0.2, 0) is 7.05 Å². The molecule has 1 aromatic heterocycles. The molecule has 0 aromatic carbocycles. The molecule has 0 fully saturated rings. The van der Waals surface area contributed by atoms with Crippen LogP contribution in [-0.4, -0.2) is 28.0 Å². The molecule has 1 rings (SSSR count). The fourth-order valence-corrected chi connectivity index (χ4v) is 1.20. The maximum atomic E-state index is 11.5. The Morgan fingerprint density at radius 2 is 2.47 bits per heavy atom. The van der Waals surface area contributed by atoms with Gasteiger partial charge in [-0.3, -0.25) is 4.79 Å². The maximum absolute atomic E-state index is 11.5. The van der Waals surface area contributed by atoms with E-state index in [-0.39, 0.29) is 11.9 Å². The quantitative estimate of drug-likeness (QED) is 0.733. The summed E-state index contributed by atoms with van der Waals surface area (Å²) in [6, 6.07) is 0.161. The van der Waals surface area contributed by atoms with Gasteiger partial charge in [0.05, 0.1) is 6.33 Å². The van der Waals surface area contributed by atoms with E-state index in [0.717, 1.165) is 12.8 Å². The van der Waals surface area contributed by atoms with Gasteiger partial charge in [0.2, 0.25) is 0 Å². The lowest BCUT2D eigenvalue weighted by Gasteiger charge is -2.08. The Morgan fingerprint density at radius 3 is 3.00 bits per heavy atom. The number of nitrogens with zero attached hydrogens (tertiary/aromatic N) is 2. The molecule has 15 heavy (non-hydrogen) atoms. The van der Waals surface area contributed by atoms with Gasteiger partial charge in [-0.2, -0.15) is 0 Å². The lowest BCUT2D eigenvalue weighted by molar-refractivity contribution is 0.0948. The number of nitrogens with one attached hydrogen (secondary N) is 1. The predicted octanol–water partition coefficient (Wildman–Crippen LogP) is 0.277. The molecule has 0 saturated carbocycles. The molecule has 1 atom stereocenters. The molecule has 1 unspecified atom stereocenters. The zero-order chi connectivity index (χ0) is 11.3. The van der Waals surface area contributed by atoms with E-state index in [1.807, 2.05) is 14.0 Å². The number of hydrogen-bond donors (Lipinski definition) is 2. The smallest absolute Gasteiger partial charge is 0.271 e. The van der Waals surface area contributed by atoms with Crippen molar-refractivity contribution < 1.29 is 4.79 Å². The number of aryl methyl sites for hydroxylation is 1. The van der Waals surface area contributed by atoms with Crippen molar-refractivity contribution in [3.8, 4) is 0 Å². The minimum absolute atomic E-state index is 0.140. The minimum Gasteiger partial charge on any atom is -0.351 e. The van der Waals surface area contributed by atoms with Gasteiger partial charge in [0, 0.05) is 25.8 Å². The van der Waals surface area contributed by atoms with Crippen molar-refractivity contribution in [2.24, 2.45) is 12.8 Å². The standard InChI is InChI=1S/C10H18N4O/c1-3-8(11)4-5-12-10(15)9-6-14(2)7-13-9/h6-8H,3-5,11H2,1-2H3,(H,12,15). The highest BCUT2D eigenvalue weighted by atomic mass is 16.1. The van der Waals surface area contributed by atoms with Crippen LogP contribution in [0.4, 0.5) is 0 Å². The summed E-state index contributed by atoms with van der Waals surface area (Å²) in [5.74, 6) is -0.140. The van der Waals surface area contributed by atoms with Gasteiger partial charge in [0.1, 0.15) is 5.69 Å². The van der Waals surface area contributed by atoms with Crippen LogP contribution < -0.4 is 11.1 Å². The third-order valence-corrected chi connectivity index (χ3v) is 2.26. The molecule has 0 radical (unpaired) electrons. The number of aromatic nitrogens is 2. The Bertz CT molecular complexity index is 321. The van der Waals surface area contributed by atoms with Crippen molar-refractivity contribution in [2.45, 2.75) is 25.8 Å². The van der Waals surface area contributed by atoms with E-state index in [2.05, 4.69) is 10.3 Å². The highest BCUT2D eigenvalue weighted by Gasteiger charge is 2.08. The molecule has 5 nitrogen and oxygen atoms in total. The van der Waals surface area contributed by atoms with Crippen molar-refractivity contribution in [2.75, 3.05) is 6.54 Å². The number of hydrogen-bond acceptors (Lipinski definition) is 3. The largest absolute Gasteiger partial charge is 0.351 e. The van der Waals surface area contributed by atoms with Gasteiger partial charge in [0.15, 0.2) is 0 Å². The van der Waals surface area contributed by atoms with Crippen LogP contribution in [0.1, 0.15) is 30.3 Å². The van der Waals surface area contributed by atoms with Gasteiger partial charge in [-0.1, -0.05) is 6.92 Å². The number of rotatable bonds is 5. The molecule has 1 amide bonds. The zero-order valence-electron chi connectivity index (χ0n) is 9.23. The minimum atomic E-state index is -0.140. The molecule has 0 aliphatic rings. The first-order valence-corrected chi connectivity index (χ1v) is 5.15. The van der Waals surface area contributed by atoms with Gasteiger partial charge < -0.3 is 15.6 Å². The second-order valence-corrected chi connectivity index (χ2v) is 3.64. The number of carbonyl (C=O) groups excluding carboxylic acids is 1. The Kier molecular flexibility index (Phi) is 4.30. The molecule has 0 bridgehead atoms. The average molecular weight is 210 g/mol. The molecular weight excluding hydrogens is 192 g/mol. The van der Waals surface area contributed by atoms with Crippen LogP contribution in [0.2, 0.25) is 0 Å². The second kappa shape index (κ2) is 5.50. The van der Waals surface area contributed by atoms with E-state index in [1.165, 1.54) is 0 Å².